The van der Waals surface area contributed by atoms with Gasteiger partial charge in [-0.25, -0.2) is 0 Å². The average Bonchev–Trinajstić information content (AvgIpc) is 2.54. The Labute approximate surface area is 128 Å². The van der Waals surface area contributed by atoms with Crippen LogP contribution in [0.3, 0.4) is 0 Å². The van der Waals surface area contributed by atoms with Crippen molar-refractivity contribution in [3.05, 3.63) is 65.2 Å². The van der Waals surface area contributed by atoms with Gasteiger partial charge in [0.25, 0.3) is 0 Å². The molecule has 0 saturated carbocycles. The summed E-state index contributed by atoms with van der Waals surface area (Å²) in [6.07, 6.45) is 0. The first-order chi connectivity index (χ1) is 10.6. The first-order valence-electron chi connectivity index (χ1n) is 6.73. The Balaban J connectivity index is 1.90. The van der Waals surface area contributed by atoms with Gasteiger partial charge in [-0.1, -0.05) is 35.9 Å². The number of benzene rings is 2. The minimum Gasteiger partial charge on any atom is -0.344 e. The molecule has 0 radical (unpaired) electrons. The average molecular weight is 293 g/mol. The lowest BCUT2D eigenvalue weighted by Gasteiger charge is -2.07. The number of nitriles is 1. The Kier molecular flexibility index (Phi) is 4.89. The molecule has 0 aliphatic heterocycles. The van der Waals surface area contributed by atoms with Gasteiger partial charge in [-0.3, -0.25) is 9.59 Å². The fourth-order valence-corrected chi connectivity index (χ4v) is 1.82. The van der Waals surface area contributed by atoms with Crippen LogP contribution in [-0.2, 0) is 16.1 Å². The zero-order chi connectivity index (χ0) is 15.9. The second-order valence-electron chi connectivity index (χ2n) is 4.82. The molecule has 2 aromatic carbocycles. The van der Waals surface area contributed by atoms with E-state index in [1.807, 2.05) is 37.3 Å². The number of carbonyl (C=O) groups is 2. The quantitative estimate of drug-likeness (QED) is 0.850. The van der Waals surface area contributed by atoms with Crippen LogP contribution in [0.5, 0.6) is 0 Å². The highest BCUT2D eigenvalue weighted by atomic mass is 16.2. The van der Waals surface area contributed by atoms with Crippen molar-refractivity contribution >= 4 is 17.5 Å². The molecule has 0 aliphatic rings. The van der Waals surface area contributed by atoms with Gasteiger partial charge in [-0.2, -0.15) is 5.26 Å². The molecular formula is C17H15N3O2. The fraction of sp³-hybridized carbons (Fsp3) is 0.118. The Hall–Kier alpha value is -3.13. The van der Waals surface area contributed by atoms with Crippen molar-refractivity contribution in [3.63, 3.8) is 0 Å². The molecule has 0 bridgehead atoms. The lowest BCUT2D eigenvalue weighted by atomic mass is 10.1. The summed E-state index contributed by atoms with van der Waals surface area (Å²) in [7, 11) is 0. The van der Waals surface area contributed by atoms with Crippen molar-refractivity contribution in [3.8, 4) is 6.07 Å². The van der Waals surface area contributed by atoms with Crippen LogP contribution < -0.4 is 10.6 Å². The normalized spacial score (nSPS) is 9.64. The van der Waals surface area contributed by atoms with E-state index < -0.39 is 11.8 Å². The number of hydrogen-bond donors (Lipinski definition) is 2. The minimum absolute atomic E-state index is 0.283. The second kappa shape index (κ2) is 7.04. The summed E-state index contributed by atoms with van der Waals surface area (Å²) < 4.78 is 0. The number of anilines is 1. The Morgan fingerprint density at radius 2 is 1.82 bits per heavy atom. The van der Waals surface area contributed by atoms with E-state index in [0.717, 1.165) is 11.1 Å². The van der Waals surface area contributed by atoms with Crippen LogP contribution in [0.1, 0.15) is 16.7 Å². The summed E-state index contributed by atoms with van der Waals surface area (Å²) in [6.45, 7) is 2.26. The van der Waals surface area contributed by atoms with Gasteiger partial charge in [0, 0.05) is 12.2 Å². The van der Waals surface area contributed by atoms with Gasteiger partial charge < -0.3 is 10.6 Å². The molecule has 5 heteroatoms. The van der Waals surface area contributed by atoms with Gasteiger partial charge in [0.1, 0.15) is 0 Å². The molecule has 0 unspecified atom stereocenters. The fourth-order valence-electron chi connectivity index (χ4n) is 1.82. The highest BCUT2D eigenvalue weighted by molar-refractivity contribution is 6.39. The molecule has 2 rings (SSSR count). The topological polar surface area (TPSA) is 82.0 Å². The lowest BCUT2D eigenvalue weighted by Crippen LogP contribution is -2.34. The van der Waals surface area contributed by atoms with Crippen LogP contribution in [-0.4, -0.2) is 11.8 Å². The van der Waals surface area contributed by atoms with Crippen molar-refractivity contribution in [2.24, 2.45) is 0 Å². The predicted molar refractivity (Wildman–Crippen MR) is 82.8 cm³/mol. The molecule has 22 heavy (non-hydrogen) atoms. The van der Waals surface area contributed by atoms with Gasteiger partial charge in [0.2, 0.25) is 0 Å². The lowest BCUT2D eigenvalue weighted by molar-refractivity contribution is -0.136. The molecular weight excluding hydrogens is 278 g/mol. The molecule has 5 nitrogen and oxygen atoms in total. The summed E-state index contributed by atoms with van der Waals surface area (Å²) in [6, 6.07) is 16.0. The Morgan fingerprint density at radius 3 is 2.50 bits per heavy atom. The molecule has 0 saturated heterocycles. The first kappa shape index (κ1) is 15.3. The molecule has 0 aliphatic carbocycles. The molecule has 0 spiro atoms. The minimum atomic E-state index is -0.762. The molecule has 2 amide bonds. The van der Waals surface area contributed by atoms with Gasteiger partial charge in [0.05, 0.1) is 11.6 Å². The van der Waals surface area contributed by atoms with Gasteiger partial charge >= 0.3 is 11.8 Å². The molecule has 0 atom stereocenters. The number of rotatable bonds is 3. The van der Waals surface area contributed by atoms with E-state index in [4.69, 9.17) is 5.26 Å². The van der Waals surface area contributed by atoms with E-state index in [-0.39, 0.29) is 6.54 Å². The molecule has 2 aromatic rings. The number of carbonyl (C=O) groups excluding carboxylic acids is 2. The standard InChI is InChI=1S/C17H15N3O2/c1-12-5-7-13(8-6-12)11-19-16(21)17(22)20-15-4-2-3-14(9-15)10-18/h2-9H,11H2,1H3,(H,19,21)(H,20,22). The van der Waals surface area contributed by atoms with Crippen molar-refractivity contribution in [1.82, 2.24) is 5.32 Å². The third kappa shape index (κ3) is 4.18. The first-order valence-corrected chi connectivity index (χ1v) is 6.73. The number of aryl methyl sites for hydroxylation is 1. The Morgan fingerprint density at radius 1 is 1.09 bits per heavy atom. The second-order valence-corrected chi connectivity index (χ2v) is 4.82. The van der Waals surface area contributed by atoms with Crippen LogP contribution in [0, 0.1) is 18.3 Å². The van der Waals surface area contributed by atoms with Crippen molar-refractivity contribution in [2.45, 2.75) is 13.5 Å². The molecule has 0 aromatic heterocycles. The summed E-state index contributed by atoms with van der Waals surface area (Å²) >= 11 is 0. The number of nitrogens with zero attached hydrogens (tertiary/aromatic N) is 1. The van der Waals surface area contributed by atoms with Gasteiger partial charge in [-0.15, -0.1) is 0 Å². The van der Waals surface area contributed by atoms with E-state index >= 15 is 0 Å². The third-order valence-corrected chi connectivity index (χ3v) is 3.03. The maximum Gasteiger partial charge on any atom is 0.313 e. The van der Waals surface area contributed by atoms with E-state index in [1.54, 1.807) is 18.2 Å². The van der Waals surface area contributed by atoms with Crippen LogP contribution in [0.4, 0.5) is 5.69 Å². The third-order valence-electron chi connectivity index (χ3n) is 3.03. The summed E-state index contributed by atoms with van der Waals surface area (Å²) in [5, 5.41) is 13.8. The van der Waals surface area contributed by atoms with Crippen molar-refractivity contribution in [1.29, 1.82) is 5.26 Å². The van der Waals surface area contributed by atoms with Crippen LogP contribution in [0.25, 0.3) is 0 Å². The Bertz CT molecular complexity index is 730. The zero-order valence-electron chi connectivity index (χ0n) is 12.1. The smallest absolute Gasteiger partial charge is 0.313 e. The maximum atomic E-state index is 11.8. The zero-order valence-corrected chi connectivity index (χ0v) is 12.1. The summed E-state index contributed by atoms with van der Waals surface area (Å²) in [5.74, 6) is -1.48. The monoisotopic (exact) mass is 293 g/mol. The predicted octanol–water partition coefficient (Wildman–Crippen LogP) is 2.12. The van der Waals surface area contributed by atoms with Crippen molar-refractivity contribution in [2.75, 3.05) is 5.32 Å². The SMILES string of the molecule is Cc1ccc(CNC(=O)C(=O)Nc2cccc(C#N)c2)cc1. The van der Waals surface area contributed by atoms with Crippen LogP contribution in [0.2, 0.25) is 0 Å². The largest absolute Gasteiger partial charge is 0.344 e. The number of amides is 2. The van der Waals surface area contributed by atoms with Crippen molar-refractivity contribution < 1.29 is 9.59 Å². The van der Waals surface area contributed by atoms with Gasteiger partial charge in [-0.05, 0) is 30.7 Å². The van der Waals surface area contributed by atoms with Crippen LogP contribution in [0.15, 0.2) is 48.5 Å². The maximum absolute atomic E-state index is 11.8. The van der Waals surface area contributed by atoms with Crippen LogP contribution >= 0.6 is 0 Å². The summed E-state index contributed by atoms with van der Waals surface area (Å²) in [5.41, 5.74) is 2.87. The summed E-state index contributed by atoms with van der Waals surface area (Å²) in [4.78, 5) is 23.5. The van der Waals surface area contributed by atoms with Gasteiger partial charge in [0.15, 0.2) is 0 Å². The molecule has 110 valence electrons. The van der Waals surface area contributed by atoms with E-state index in [0.29, 0.717) is 11.3 Å². The highest BCUT2D eigenvalue weighted by Crippen LogP contribution is 2.09. The molecule has 0 fully saturated rings. The highest BCUT2D eigenvalue weighted by Gasteiger charge is 2.13. The molecule has 2 N–H and O–H groups in total. The number of nitrogens with one attached hydrogen (secondary N) is 2. The van der Waals surface area contributed by atoms with E-state index in [2.05, 4.69) is 10.6 Å². The van der Waals surface area contributed by atoms with E-state index in [1.165, 1.54) is 6.07 Å². The number of hydrogen-bond acceptors (Lipinski definition) is 3. The molecule has 0 heterocycles. The van der Waals surface area contributed by atoms with E-state index in [9.17, 15) is 9.59 Å².